The SMILES string of the molecule is C[CH]=[Zr]([CH]1C(O[Si](C)(C)CCCC)=Cc2ccccc21)[CH]1C(O[Si](C)(C)CCCC)=Cc2ccccc21. The minimum atomic E-state index is -2.39. The topological polar surface area (TPSA) is 18.5 Å². The van der Waals surface area contributed by atoms with Gasteiger partial charge in [-0.05, 0) is 0 Å². The second-order valence-corrected chi connectivity index (χ2v) is 27.1. The third-order valence-corrected chi connectivity index (χ3v) is 20.4. The molecule has 2 aliphatic rings. The van der Waals surface area contributed by atoms with E-state index in [9.17, 15) is 0 Å². The van der Waals surface area contributed by atoms with Crippen LogP contribution >= 0.6 is 0 Å². The summed E-state index contributed by atoms with van der Waals surface area (Å²) in [6.45, 7) is 16.5. The van der Waals surface area contributed by atoms with E-state index in [4.69, 9.17) is 8.85 Å². The molecule has 0 saturated heterocycles. The zero-order chi connectivity index (χ0) is 26.6. The molecule has 2 aliphatic carbocycles. The summed E-state index contributed by atoms with van der Waals surface area (Å²) in [7, 11) is -3.60. The molecule has 0 aromatic heterocycles. The van der Waals surface area contributed by atoms with Crippen molar-refractivity contribution in [1.29, 1.82) is 0 Å². The van der Waals surface area contributed by atoms with Gasteiger partial charge in [-0.15, -0.1) is 0 Å². The Hall–Kier alpha value is -1.29. The maximum atomic E-state index is 7.09. The summed E-state index contributed by atoms with van der Waals surface area (Å²) >= 11 is -2.39. The zero-order valence-corrected chi connectivity index (χ0v) is 28.5. The molecule has 0 radical (unpaired) electrons. The zero-order valence-electron chi connectivity index (χ0n) is 24.1. The second-order valence-electron chi connectivity index (χ2n) is 11.9. The number of fused-ring (bicyclic) bond motifs is 2. The standard InChI is InChI=1S/2C15H21OSi.C2H4.Zr/c2*1-4-5-10-17(2,3)16-15-11-13-8-6-7-9-14(13)12-15;1-2;/h2*6-9,11-12H,4-5,10H2,1-3H3;1H,2H3;. The summed E-state index contributed by atoms with van der Waals surface area (Å²) < 4.78 is 17.6. The summed E-state index contributed by atoms with van der Waals surface area (Å²) in [5, 5.41) is 0. The number of rotatable bonds is 12. The Morgan fingerprint density at radius 2 is 1.11 bits per heavy atom. The van der Waals surface area contributed by atoms with Gasteiger partial charge in [0.2, 0.25) is 0 Å². The van der Waals surface area contributed by atoms with E-state index < -0.39 is 37.9 Å². The molecular formula is C32H46O2Si2Zr. The average molecular weight is 610 g/mol. The van der Waals surface area contributed by atoms with Gasteiger partial charge in [-0.25, -0.2) is 0 Å². The van der Waals surface area contributed by atoms with Crippen LogP contribution in [-0.2, 0) is 30.1 Å². The van der Waals surface area contributed by atoms with Crippen molar-refractivity contribution < 1.29 is 30.1 Å². The van der Waals surface area contributed by atoms with Gasteiger partial charge >= 0.3 is 237 Å². The van der Waals surface area contributed by atoms with Gasteiger partial charge in [0, 0.05) is 0 Å². The molecule has 198 valence electrons. The van der Waals surface area contributed by atoms with Gasteiger partial charge in [-0.1, -0.05) is 0 Å². The fourth-order valence-corrected chi connectivity index (χ4v) is 18.6. The third kappa shape index (κ3) is 6.65. The predicted molar refractivity (Wildman–Crippen MR) is 163 cm³/mol. The quantitative estimate of drug-likeness (QED) is 0.223. The van der Waals surface area contributed by atoms with Crippen LogP contribution in [0.3, 0.4) is 0 Å². The molecule has 2 unspecified atom stereocenters. The number of hydrogen-bond donors (Lipinski definition) is 0. The van der Waals surface area contributed by atoms with E-state index in [1.54, 1.807) is 0 Å². The minimum absolute atomic E-state index is 0.403. The summed E-state index contributed by atoms with van der Waals surface area (Å²) in [6, 6.07) is 20.5. The van der Waals surface area contributed by atoms with Gasteiger partial charge in [-0.3, -0.25) is 0 Å². The normalized spacial score (nSPS) is 18.6. The van der Waals surface area contributed by atoms with Crippen LogP contribution in [0.25, 0.3) is 12.2 Å². The molecule has 0 aliphatic heterocycles. The van der Waals surface area contributed by atoms with Crippen LogP contribution < -0.4 is 0 Å². The Balaban J connectivity index is 1.74. The number of allylic oxidation sites excluding steroid dienone is 2. The maximum absolute atomic E-state index is 7.09. The van der Waals surface area contributed by atoms with Crippen LogP contribution in [0.1, 0.15) is 76.0 Å². The van der Waals surface area contributed by atoms with E-state index in [-0.39, 0.29) is 0 Å². The summed E-state index contributed by atoms with van der Waals surface area (Å²) in [4.78, 5) is 0. The van der Waals surface area contributed by atoms with Crippen molar-refractivity contribution >= 4 is 32.5 Å². The molecule has 2 aromatic rings. The molecule has 0 bridgehead atoms. The van der Waals surface area contributed by atoms with Gasteiger partial charge in [0.1, 0.15) is 0 Å². The Kier molecular flexibility index (Phi) is 9.51. The molecule has 37 heavy (non-hydrogen) atoms. The van der Waals surface area contributed by atoms with Crippen molar-refractivity contribution in [1.82, 2.24) is 0 Å². The van der Waals surface area contributed by atoms with Crippen molar-refractivity contribution in [3.05, 3.63) is 82.3 Å². The fraction of sp³-hybridized carbons (Fsp3) is 0.469. The van der Waals surface area contributed by atoms with Crippen molar-refractivity contribution in [2.75, 3.05) is 0 Å². The second kappa shape index (κ2) is 12.3. The van der Waals surface area contributed by atoms with Crippen LogP contribution in [0.5, 0.6) is 0 Å². The molecule has 4 rings (SSSR count). The van der Waals surface area contributed by atoms with Gasteiger partial charge in [0.15, 0.2) is 0 Å². The van der Waals surface area contributed by atoms with Crippen molar-refractivity contribution in [3.8, 4) is 0 Å². The van der Waals surface area contributed by atoms with Crippen molar-refractivity contribution in [2.24, 2.45) is 0 Å². The van der Waals surface area contributed by atoms with Gasteiger partial charge < -0.3 is 0 Å². The number of hydrogen-bond acceptors (Lipinski definition) is 2. The Labute approximate surface area is 235 Å². The van der Waals surface area contributed by atoms with Crippen LogP contribution in [0, 0.1) is 0 Å². The monoisotopic (exact) mass is 608 g/mol. The molecule has 0 amide bonds. The Bertz CT molecular complexity index is 1110. The molecule has 0 fully saturated rings. The molecule has 0 spiro atoms. The van der Waals surface area contributed by atoms with E-state index in [0.29, 0.717) is 7.25 Å². The van der Waals surface area contributed by atoms with Crippen LogP contribution in [0.4, 0.5) is 0 Å². The first-order valence-electron chi connectivity index (χ1n) is 14.3. The molecule has 0 heterocycles. The van der Waals surface area contributed by atoms with Crippen molar-refractivity contribution in [2.45, 2.75) is 92.0 Å². The fourth-order valence-electron chi connectivity index (χ4n) is 5.90. The number of unbranched alkanes of at least 4 members (excludes halogenated alkanes) is 2. The summed E-state index contributed by atoms with van der Waals surface area (Å²) in [5.41, 5.74) is 5.68. The summed E-state index contributed by atoms with van der Waals surface area (Å²) in [5.74, 6) is 2.51. The van der Waals surface area contributed by atoms with E-state index in [2.05, 4.69) is 111 Å². The molecule has 0 saturated carbocycles. The van der Waals surface area contributed by atoms with E-state index in [0.717, 1.165) is 0 Å². The Morgan fingerprint density at radius 1 is 0.703 bits per heavy atom. The first-order valence-corrected chi connectivity index (χ1v) is 24.8. The van der Waals surface area contributed by atoms with Gasteiger partial charge in [-0.2, -0.15) is 0 Å². The first-order chi connectivity index (χ1) is 17.7. The first kappa shape index (κ1) is 28.7. The van der Waals surface area contributed by atoms with E-state index >= 15 is 0 Å². The molecule has 0 N–H and O–H groups in total. The number of benzene rings is 2. The van der Waals surface area contributed by atoms with Gasteiger partial charge in [0.05, 0.1) is 0 Å². The average Bonchev–Trinajstić information content (AvgIpc) is 3.39. The Morgan fingerprint density at radius 3 is 1.49 bits per heavy atom. The molecule has 2 aromatic carbocycles. The molecule has 2 atom stereocenters. The van der Waals surface area contributed by atoms with Crippen molar-refractivity contribution in [3.63, 3.8) is 0 Å². The third-order valence-electron chi connectivity index (χ3n) is 7.83. The summed E-state index contributed by atoms with van der Waals surface area (Å²) in [6.07, 6.45) is 9.74. The van der Waals surface area contributed by atoms with Crippen LogP contribution in [0.2, 0.25) is 38.3 Å². The van der Waals surface area contributed by atoms with Gasteiger partial charge in [0.25, 0.3) is 0 Å². The van der Waals surface area contributed by atoms with E-state index in [1.165, 1.54) is 71.5 Å². The molecule has 2 nitrogen and oxygen atoms in total. The molecule has 5 heteroatoms. The van der Waals surface area contributed by atoms with Crippen LogP contribution in [-0.4, -0.2) is 20.3 Å². The van der Waals surface area contributed by atoms with E-state index in [1.807, 2.05) is 0 Å². The van der Waals surface area contributed by atoms with Crippen LogP contribution in [0.15, 0.2) is 60.0 Å². The molecular weight excluding hydrogens is 564 g/mol. The predicted octanol–water partition coefficient (Wildman–Crippen LogP) is 9.66.